The van der Waals surface area contributed by atoms with Crippen molar-refractivity contribution in [3.05, 3.63) is 50.9 Å². The Morgan fingerprint density at radius 2 is 2.17 bits per heavy atom. The number of halogens is 1. The highest BCUT2D eigenvalue weighted by Gasteiger charge is 2.33. The van der Waals surface area contributed by atoms with Gasteiger partial charge in [0.05, 0.1) is 5.56 Å². The van der Waals surface area contributed by atoms with Gasteiger partial charge in [0.25, 0.3) is 5.91 Å². The second-order valence-electron chi connectivity index (χ2n) is 5.90. The van der Waals surface area contributed by atoms with Crippen molar-refractivity contribution >= 4 is 33.8 Å². The molecule has 0 fully saturated rings. The number of amides is 1. The molecule has 0 unspecified atom stereocenters. The zero-order valence-electron chi connectivity index (χ0n) is 12.9. The summed E-state index contributed by atoms with van der Waals surface area (Å²) in [7, 11) is 0. The van der Waals surface area contributed by atoms with Crippen LogP contribution in [0.15, 0.2) is 24.3 Å². The van der Waals surface area contributed by atoms with Gasteiger partial charge in [-0.05, 0) is 24.6 Å². The number of hydrogen-bond acceptors (Lipinski definition) is 4. The second-order valence-corrected chi connectivity index (χ2v) is 7.41. The molecular weight excluding hydrogens is 330 g/mol. The SMILES string of the molecule is CCN1CCc2c(sc3c2C(=O)N[C@H](c2ccccc2Cl)N3)C1. The van der Waals surface area contributed by atoms with Crippen LogP contribution in [-0.2, 0) is 13.0 Å². The summed E-state index contributed by atoms with van der Waals surface area (Å²) in [6.45, 7) is 5.18. The van der Waals surface area contributed by atoms with Crippen LogP contribution in [0.5, 0.6) is 0 Å². The van der Waals surface area contributed by atoms with Gasteiger partial charge in [-0.3, -0.25) is 9.69 Å². The molecule has 2 N–H and O–H groups in total. The van der Waals surface area contributed by atoms with E-state index >= 15 is 0 Å². The van der Waals surface area contributed by atoms with Gasteiger partial charge < -0.3 is 10.6 Å². The lowest BCUT2D eigenvalue weighted by Crippen LogP contribution is -2.39. The molecule has 2 aliphatic heterocycles. The standard InChI is InChI=1S/C17H18ClN3OS/c1-2-21-8-7-11-13(9-21)23-17-14(11)16(22)19-15(20-17)10-5-3-4-6-12(10)18/h3-6,15,20H,2,7-9H2,1H3,(H,19,22)/t15-/m0/s1. The first-order chi connectivity index (χ1) is 11.2. The van der Waals surface area contributed by atoms with Gasteiger partial charge in [0, 0.05) is 28.6 Å². The van der Waals surface area contributed by atoms with E-state index in [-0.39, 0.29) is 12.1 Å². The summed E-state index contributed by atoms with van der Waals surface area (Å²) in [6.07, 6.45) is 0.673. The summed E-state index contributed by atoms with van der Waals surface area (Å²) in [5, 5.41) is 8.14. The summed E-state index contributed by atoms with van der Waals surface area (Å²) in [6, 6.07) is 7.62. The average Bonchev–Trinajstić information content (AvgIpc) is 2.92. The third-order valence-corrected chi connectivity index (χ3v) is 6.07. The molecule has 2 aliphatic rings. The number of fused-ring (bicyclic) bond motifs is 3. The summed E-state index contributed by atoms with van der Waals surface area (Å²) >= 11 is 7.98. The summed E-state index contributed by atoms with van der Waals surface area (Å²) < 4.78 is 0. The molecule has 1 aromatic heterocycles. The Labute approximate surface area is 144 Å². The van der Waals surface area contributed by atoms with Crippen LogP contribution < -0.4 is 10.6 Å². The van der Waals surface area contributed by atoms with E-state index in [1.165, 1.54) is 10.4 Å². The fourth-order valence-corrected chi connectivity index (χ4v) is 4.86. The number of anilines is 1. The third kappa shape index (κ3) is 2.53. The van der Waals surface area contributed by atoms with Crippen molar-refractivity contribution < 1.29 is 4.79 Å². The molecule has 0 spiro atoms. The van der Waals surface area contributed by atoms with Gasteiger partial charge in [0.15, 0.2) is 0 Å². The summed E-state index contributed by atoms with van der Waals surface area (Å²) in [5.74, 6) is 0.00566. The Kier molecular flexibility index (Phi) is 3.79. The maximum absolute atomic E-state index is 12.7. The highest BCUT2D eigenvalue weighted by molar-refractivity contribution is 7.16. The first kappa shape index (κ1) is 15.0. The average molecular weight is 348 g/mol. The molecule has 2 aromatic rings. The van der Waals surface area contributed by atoms with Crippen LogP contribution in [-0.4, -0.2) is 23.9 Å². The maximum Gasteiger partial charge on any atom is 0.256 e. The minimum atomic E-state index is -0.272. The Hall–Kier alpha value is -1.56. The zero-order chi connectivity index (χ0) is 16.0. The van der Waals surface area contributed by atoms with Crippen LogP contribution in [0.2, 0.25) is 5.02 Å². The lowest BCUT2D eigenvalue weighted by atomic mass is 10.0. The van der Waals surface area contributed by atoms with Crippen LogP contribution in [0.3, 0.4) is 0 Å². The van der Waals surface area contributed by atoms with Crippen molar-refractivity contribution in [1.82, 2.24) is 10.2 Å². The van der Waals surface area contributed by atoms with Crippen LogP contribution in [0.1, 0.15) is 39.5 Å². The number of likely N-dealkylation sites (N-methyl/N-ethyl adjacent to an activating group) is 1. The van der Waals surface area contributed by atoms with Crippen molar-refractivity contribution in [2.45, 2.75) is 26.1 Å². The quantitative estimate of drug-likeness (QED) is 0.871. The highest BCUT2D eigenvalue weighted by atomic mass is 35.5. The molecule has 120 valence electrons. The Balaban J connectivity index is 1.69. The topological polar surface area (TPSA) is 44.4 Å². The Morgan fingerprint density at radius 1 is 1.35 bits per heavy atom. The van der Waals surface area contributed by atoms with Crippen LogP contribution in [0, 0.1) is 0 Å². The first-order valence-corrected chi connectivity index (χ1v) is 9.05. The fourth-order valence-electron chi connectivity index (χ4n) is 3.30. The van der Waals surface area contributed by atoms with Crippen molar-refractivity contribution in [3.63, 3.8) is 0 Å². The molecule has 1 atom stereocenters. The molecule has 0 saturated heterocycles. The van der Waals surface area contributed by atoms with Crippen molar-refractivity contribution in [3.8, 4) is 0 Å². The van der Waals surface area contributed by atoms with Gasteiger partial charge in [0.1, 0.15) is 11.2 Å². The van der Waals surface area contributed by atoms with Gasteiger partial charge >= 0.3 is 0 Å². The monoisotopic (exact) mass is 347 g/mol. The normalized spacial score (nSPS) is 20.4. The number of rotatable bonds is 2. The van der Waals surface area contributed by atoms with Gasteiger partial charge in [-0.25, -0.2) is 0 Å². The largest absolute Gasteiger partial charge is 0.353 e. The number of nitrogens with zero attached hydrogens (tertiary/aromatic N) is 1. The molecule has 4 rings (SSSR count). The number of carbonyl (C=O) groups excluding carboxylic acids is 1. The number of nitrogens with one attached hydrogen (secondary N) is 2. The molecule has 4 nitrogen and oxygen atoms in total. The van der Waals surface area contributed by atoms with E-state index in [2.05, 4.69) is 22.5 Å². The van der Waals surface area contributed by atoms with E-state index in [1.54, 1.807) is 11.3 Å². The van der Waals surface area contributed by atoms with E-state index in [0.29, 0.717) is 5.02 Å². The Morgan fingerprint density at radius 3 is 2.96 bits per heavy atom. The zero-order valence-corrected chi connectivity index (χ0v) is 14.4. The van der Waals surface area contributed by atoms with E-state index in [4.69, 9.17) is 11.6 Å². The predicted molar refractivity (Wildman–Crippen MR) is 94.3 cm³/mol. The van der Waals surface area contributed by atoms with Gasteiger partial charge in [0.2, 0.25) is 0 Å². The first-order valence-electron chi connectivity index (χ1n) is 7.86. The minimum Gasteiger partial charge on any atom is -0.353 e. The minimum absolute atomic E-state index is 0.00566. The van der Waals surface area contributed by atoms with Crippen molar-refractivity contribution in [2.24, 2.45) is 0 Å². The molecule has 0 bridgehead atoms. The maximum atomic E-state index is 12.7. The predicted octanol–water partition coefficient (Wildman–Crippen LogP) is 3.63. The van der Waals surface area contributed by atoms with E-state index < -0.39 is 0 Å². The molecule has 0 aliphatic carbocycles. The summed E-state index contributed by atoms with van der Waals surface area (Å²) in [5.41, 5.74) is 2.95. The number of hydrogen-bond donors (Lipinski definition) is 2. The van der Waals surface area contributed by atoms with Gasteiger partial charge in [-0.1, -0.05) is 36.7 Å². The lowest BCUT2D eigenvalue weighted by molar-refractivity contribution is 0.0935. The molecule has 1 amide bonds. The Bertz CT molecular complexity index is 773. The second kappa shape index (κ2) is 5.82. The molecule has 23 heavy (non-hydrogen) atoms. The van der Waals surface area contributed by atoms with E-state index in [0.717, 1.165) is 42.2 Å². The van der Waals surface area contributed by atoms with Crippen LogP contribution in [0.25, 0.3) is 0 Å². The number of benzene rings is 1. The smallest absolute Gasteiger partial charge is 0.256 e. The molecule has 0 saturated carbocycles. The lowest BCUT2D eigenvalue weighted by Gasteiger charge is -2.28. The molecule has 0 radical (unpaired) electrons. The molecule has 3 heterocycles. The number of thiophene rings is 1. The van der Waals surface area contributed by atoms with Gasteiger partial charge in [-0.2, -0.15) is 0 Å². The molecular formula is C17H18ClN3OS. The van der Waals surface area contributed by atoms with Crippen LogP contribution in [0.4, 0.5) is 5.00 Å². The van der Waals surface area contributed by atoms with E-state index in [1.807, 2.05) is 24.3 Å². The van der Waals surface area contributed by atoms with Crippen molar-refractivity contribution in [1.29, 1.82) is 0 Å². The highest BCUT2D eigenvalue weighted by Crippen LogP contribution is 2.41. The fraction of sp³-hybridized carbons (Fsp3) is 0.353. The van der Waals surface area contributed by atoms with Crippen LogP contribution >= 0.6 is 22.9 Å². The van der Waals surface area contributed by atoms with Gasteiger partial charge in [-0.15, -0.1) is 11.3 Å². The number of carbonyl (C=O) groups is 1. The molecule has 6 heteroatoms. The molecule has 1 aromatic carbocycles. The van der Waals surface area contributed by atoms with E-state index in [9.17, 15) is 4.79 Å². The third-order valence-electron chi connectivity index (χ3n) is 4.58. The van der Waals surface area contributed by atoms with Crippen molar-refractivity contribution in [2.75, 3.05) is 18.4 Å². The summed E-state index contributed by atoms with van der Waals surface area (Å²) in [4.78, 5) is 16.4.